The molecule has 3 heteroatoms. The van der Waals surface area contributed by atoms with E-state index in [2.05, 4.69) is 0 Å². The molecule has 1 aromatic rings. The summed E-state index contributed by atoms with van der Waals surface area (Å²) in [6.07, 6.45) is 0. The molecule has 0 aliphatic carbocycles. The second kappa shape index (κ2) is 11.6. The van der Waals surface area contributed by atoms with Crippen LogP contribution in [0.3, 0.4) is 0 Å². The molecule has 0 amide bonds. The summed E-state index contributed by atoms with van der Waals surface area (Å²) in [7, 11) is 1.58. The third-order valence-corrected chi connectivity index (χ3v) is 1.32. The molecule has 0 unspecified atom stereocenters. The largest absolute Gasteiger partial charge is 0.497 e. The fourth-order valence-corrected chi connectivity index (χ4v) is 0.810. The summed E-state index contributed by atoms with van der Waals surface area (Å²) in [4.78, 5) is 10.5. The Morgan fingerprint density at radius 3 is 1.62 bits per heavy atom. The predicted molar refractivity (Wildman–Crippen MR) is 67.0 cm³/mol. The van der Waals surface area contributed by atoms with Gasteiger partial charge in [0.1, 0.15) is 11.5 Å². The molecule has 92 valence electrons. The monoisotopic (exact) mass is 226 g/mol. The van der Waals surface area contributed by atoms with E-state index in [1.807, 2.05) is 27.7 Å². The zero-order valence-corrected chi connectivity index (χ0v) is 11.0. The Hall–Kier alpha value is -1.51. The lowest BCUT2D eigenvalue weighted by atomic mass is 10.3. The molecule has 1 rings (SSSR count). The number of carbonyl (C=O) groups excluding carboxylic acids is 1. The highest BCUT2D eigenvalue weighted by Gasteiger charge is 1.96. The third kappa shape index (κ3) is 7.85. The first-order valence-electron chi connectivity index (χ1n) is 5.55. The normalized spacial score (nSPS) is 7.62. The number of hydrogen-bond acceptors (Lipinski definition) is 3. The Bertz CT molecular complexity index is 265. The molecule has 0 aliphatic rings. The summed E-state index contributed by atoms with van der Waals surface area (Å²) in [5.41, 5.74) is 0. The average molecular weight is 226 g/mol. The molecule has 0 fully saturated rings. The molecule has 1 aromatic carbocycles. The number of rotatable bonds is 2. The summed E-state index contributed by atoms with van der Waals surface area (Å²) in [6.45, 7) is 9.37. The van der Waals surface area contributed by atoms with Crippen molar-refractivity contribution in [1.29, 1.82) is 0 Å². The average Bonchev–Trinajstić information content (AvgIpc) is 2.34. The van der Waals surface area contributed by atoms with Crippen molar-refractivity contribution in [3.8, 4) is 11.5 Å². The van der Waals surface area contributed by atoms with E-state index < -0.39 is 0 Å². The standard InChI is InChI=1S/C9H10O3.2C2H6/c1-7(10)12-9-5-3-8(11-2)4-6-9;2*1-2/h3-6H,1-2H3;2*1-2H3. The second-order valence-corrected chi connectivity index (χ2v) is 2.27. The quantitative estimate of drug-likeness (QED) is 0.570. The van der Waals surface area contributed by atoms with E-state index in [0.29, 0.717) is 5.75 Å². The molecular formula is C13H22O3. The van der Waals surface area contributed by atoms with Gasteiger partial charge in [-0.3, -0.25) is 4.79 Å². The van der Waals surface area contributed by atoms with Crippen molar-refractivity contribution in [3.63, 3.8) is 0 Å². The summed E-state index contributed by atoms with van der Waals surface area (Å²) in [5.74, 6) is 0.953. The van der Waals surface area contributed by atoms with Gasteiger partial charge in [0.05, 0.1) is 7.11 Å². The Kier molecular flexibility index (Phi) is 12.2. The lowest BCUT2D eigenvalue weighted by molar-refractivity contribution is -0.131. The Morgan fingerprint density at radius 1 is 0.938 bits per heavy atom. The lowest BCUT2D eigenvalue weighted by Gasteiger charge is -2.01. The van der Waals surface area contributed by atoms with Gasteiger partial charge in [0.2, 0.25) is 0 Å². The van der Waals surface area contributed by atoms with Crippen LogP contribution in [-0.2, 0) is 4.79 Å². The van der Waals surface area contributed by atoms with E-state index in [4.69, 9.17) is 9.47 Å². The summed E-state index contributed by atoms with van der Waals surface area (Å²) < 4.78 is 9.75. The van der Waals surface area contributed by atoms with Crippen molar-refractivity contribution in [2.75, 3.05) is 7.11 Å². The second-order valence-electron chi connectivity index (χ2n) is 2.27. The summed E-state index contributed by atoms with van der Waals surface area (Å²) >= 11 is 0. The number of methoxy groups -OCH3 is 1. The van der Waals surface area contributed by atoms with Crippen LogP contribution in [0.25, 0.3) is 0 Å². The van der Waals surface area contributed by atoms with Gasteiger partial charge in [0.15, 0.2) is 0 Å². The van der Waals surface area contributed by atoms with Crippen molar-refractivity contribution in [2.45, 2.75) is 34.6 Å². The summed E-state index contributed by atoms with van der Waals surface area (Å²) in [6, 6.07) is 6.83. The van der Waals surface area contributed by atoms with Crippen LogP contribution in [0.5, 0.6) is 11.5 Å². The lowest BCUT2D eigenvalue weighted by Crippen LogP contribution is -2.00. The fraction of sp³-hybridized carbons (Fsp3) is 0.462. The smallest absolute Gasteiger partial charge is 0.308 e. The molecule has 16 heavy (non-hydrogen) atoms. The van der Waals surface area contributed by atoms with Crippen LogP contribution in [0.4, 0.5) is 0 Å². The highest BCUT2D eigenvalue weighted by molar-refractivity contribution is 5.69. The van der Waals surface area contributed by atoms with Crippen LogP contribution < -0.4 is 9.47 Å². The minimum Gasteiger partial charge on any atom is -0.497 e. The predicted octanol–water partition coefficient (Wildman–Crippen LogP) is 3.67. The first-order valence-corrected chi connectivity index (χ1v) is 5.55. The van der Waals surface area contributed by atoms with Gasteiger partial charge in [-0.15, -0.1) is 0 Å². The maximum absolute atomic E-state index is 10.5. The maximum Gasteiger partial charge on any atom is 0.308 e. The zero-order chi connectivity index (χ0) is 13.0. The first kappa shape index (κ1) is 16.9. The number of esters is 1. The molecule has 0 aliphatic heterocycles. The molecule has 0 heterocycles. The number of ether oxygens (including phenoxy) is 2. The number of carbonyl (C=O) groups is 1. The fourth-order valence-electron chi connectivity index (χ4n) is 0.810. The Labute approximate surface area is 98.4 Å². The van der Waals surface area contributed by atoms with Crippen molar-refractivity contribution in [1.82, 2.24) is 0 Å². The highest BCUT2D eigenvalue weighted by atomic mass is 16.5. The van der Waals surface area contributed by atoms with Crippen molar-refractivity contribution in [3.05, 3.63) is 24.3 Å². The van der Waals surface area contributed by atoms with E-state index in [-0.39, 0.29) is 5.97 Å². The van der Waals surface area contributed by atoms with Gasteiger partial charge >= 0.3 is 5.97 Å². The first-order chi connectivity index (χ1) is 7.72. The van der Waals surface area contributed by atoms with Crippen LogP contribution in [0, 0.1) is 0 Å². The van der Waals surface area contributed by atoms with Gasteiger partial charge in [-0.1, -0.05) is 27.7 Å². The Balaban J connectivity index is 0. The maximum atomic E-state index is 10.5. The molecule has 0 radical (unpaired) electrons. The van der Waals surface area contributed by atoms with Crippen LogP contribution in [0.1, 0.15) is 34.6 Å². The van der Waals surface area contributed by atoms with Crippen LogP contribution in [0.15, 0.2) is 24.3 Å². The van der Waals surface area contributed by atoms with E-state index in [1.54, 1.807) is 31.4 Å². The van der Waals surface area contributed by atoms with E-state index in [0.717, 1.165) is 5.75 Å². The van der Waals surface area contributed by atoms with Crippen molar-refractivity contribution < 1.29 is 14.3 Å². The van der Waals surface area contributed by atoms with E-state index in [9.17, 15) is 4.79 Å². The SMILES string of the molecule is CC.CC.COc1ccc(OC(C)=O)cc1. The minimum atomic E-state index is -0.319. The summed E-state index contributed by atoms with van der Waals surface area (Å²) in [5, 5.41) is 0. The molecular weight excluding hydrogens is 204 g/mol. The molecule has 0 aromatic heterocycles. The van der Waals surface area contributed by atoms with Gasteiger partial charge in [-0.25, -0.2) is 0 Å². The Morgan fingerprint density at radius 2 is 1.31 bits per heavy atom. The minimum absolute atomic E-state index is 0.319. The van der Waals surface area contributed by atoms with Gasteiger partial charge in [0.25, 0.3) is 0 Å². The van der Waals surface area contributed by atoms with E-state index >= 15 is 0 Å². The van der Waals surface area contributed by atoms with E-state index in [1.165, 1.54) is 6.92 Å². The molecule has 0 atom stereocenters. The number of benzene rings is 1. The molecule has 0 saturated carbocycles. The van der Waals surface area contributed by atoms with Gasteiger partial charge in [-0.05, 0) is 24.3 Å². The highest BCUT2D eigenvalue weighted by Crippen LogP contribution is 2.16. The van der Waals surface area contributed by atoms with Gasteiger partial charge in [0, 0.05) is 6.92 Å². The zero-order valence-electron chi connectivity index (χ0n) is 11.0. The molecule has 0 spiro atoms. The molecule has 0 saturated heterocycles. The van der Waals surface area contributed by atoms with Crippen LogP contribution >= 0.6 is 0 Å². The van der Waals surface area contributed by atoms with Crippen LogP contribution in [0.2, 0.25) is 0 Å². The number of hydrogen-bond donors (Lipinski definition) is 0. The van der Waals surface area contributed by atoms with Crippen LogP contribution in [-0.4, -0.2) is 13.1 Å². The molecule has 3 nitrogen and oxygen atoms in total. The molecule has 0 N–H and O–H groups in total. The van der Waals surface area contributed by atoms with Gasteiger partial charge < -0.3 is 9.47 Å². The molecule has 0 bridgehead atoms. The van der Waals surface area contributed by atoms with Gasteiger partial charge in [-0.2, -0.15) is 0 Å². The van der Waals surface area contributed by atoms with Crippen molar-refractivity contribution in [2.24, 2.45) is 0 Å². The topological polar surface area (TPSA) is 35.5 Å². The van der Waals surface area contributed by atoms with Crippen molar-refractivity contribution >= 4 is 5.97 Å². The third-order valence-electron chi connectivity index (χ3n) is 1.32.